The van der Waals surface area contributed by atoms with Crippen LogP contribution in [0.4, 0.5) is 0 Å². The molecule has 1 nitrogen and oxygen atoms in total. The zero-order valence-corrected chi connectivity index (χ0v) is 9.78. The van der Waals surface area contributed by atoms with Crippen molar-refractivity contribution in [3.8, 4) is 0 Å². The Kier molecular flexibility index (Phi) is 4.08. The summed E-state index contributed by atoms with van der Waals surface area (Å²) in [4.78, 5) is 13.8. The van der Waals surface area contributed by atoms with Crippen LogP contribution >= 0.6 is 11.3 Å². The number of allylic oxidation sites excluding steroid dienone is 2. The summed E-state index contributed by atoms with van der Waals surface area (Å²) in [5.41, 5.74) is 1.22. The van der Waals surface area contributed by atoms with Gasteiger partial charge in [0.15, 0.2) is 5.78 Å². The van der Waals surface area contributed by atoms with Gasteiger partial charge in [-0.05, 0) is 38.0 Å². The van der Waals surface area contributed by atoms with Gasteiger partial charge < -0.3 is 0 Å². The molecule has 76 valence electrons. The lowest BCUT2D eigenvalue weighted by molar-refractivity contribution is 0.104. The minimum Gasteiger partial charge on any atom is -0.288 e. The molecule has 14 heavy (non-hydrogen) atoms. The minimum atomic E-state index is 0.154. The van der Waals surface area contributed by atoms with Crippen molar-refractivity contribution in [1.82, 2.24) is 0 Å². The fourth-order valence-corrected chi connectivity index (χ4v) is 2.06. The van der Waals surface area contributed by atoms with Crippen LogP contribution in [-0.4, -0.2) is 5.78 Å². The Bertz CT molecular complexity index is 341. The molecule has 0 aliphatic carbocycles. The summed E-state index contributed by atoms with van der Waals surface area (Å²) in [5.74, 6) is 0.154. The summed E-state index contributed by atoms with van der Waals surface area (Å²) in [7, 11) is 0. The van der Waals surface area contributed by atoms with Gasteiger partial charge in [-0.2, -0.15) is 0 Å². The van der Waals surface area contributed by atoms with E-state index in [2.05, 4.69) is 13.8 Å². The third-order valence-corrected chi connectivity index (χ3v) is 3.24. The predicted molar refractivity (Wildman–Crippen MR) is 62.1 cm³/mol. The van der Waals surface area contributed by atoms with E-state index in [9.17, 15) is 4.79 Å². The van der Waals surface area contributed by atoms with Crippen molar-refractivity contribution in [2.24, 2.45) is 0 Å². The highest BCUT2D eigenvalue weighted by atomic mass is 32.1. The van der Waals surface area contributed by atoms with Crippen molar-refractivity contribution < 1.29 is 4.79 Å². The highest BCUT2D eigenvalue weighted by molar-refractivity contribution is 7.14. The van der Waals surface area contributed by atoms with Gasteiger partial charge in [-0.15, -0.1) is 11.3 Å². The molecular weight excluding hydrogens is 192 g/mol. The highest BCUT2D eigenvalue weighted by Gasteiger charge is 2.05. The lowest BCUT2D eigenvalue weighted by Crippen LogP contribution is -1.92. The predicted octanol–water partition coefficient (Wildman–Crippen LogP) is 3.99. The second kappa shape index (κ2) is 5.11. The third kappa shape index (κ3) is 2.81. The van der Waals surface area contributed by atoms with Gasteiger partial charge in [0, 0.05) is 4.88 Å². The molecule has 0 radical (unpaired) electrons. The van der Waals surface area contributed by atoms with Crippen LogP contribution in [-0.2, 0) is 0 Å². The topological polar surface area (TPSA) is 17.1 Å². The molecule has 0 saturated carbocycles. The first-order valence-electron chi connectivity index (χ1n) is 4.97. The van der Waals surface area contributed by atoms with Crippen LogP contribution in [0.15, 0.2) is 23.8 Å². The third-order valence-electron chi connectivity index (χ3n) is 2.23. The molecule has 0 fully saturated rings. The number of rotatable bonds is 4. The molecule has 1 rings (SSSR count). The summed E-state index contributed by atoms with van der Waals surface area (Å²) in [6, 6.07) is 3.89. The summed E-state index contributed by atoms with van der Waals surface area (Å²) >= 11 is 1.56. The van der Waals surface area contributed by atoms with E-state index in [1.165, 1.54) is 10.5 Å². The molecule has 0 unspecified atom stereocenters. The van der Waals surface area contributed by atoms with Crippen LogP contribution in [0, 0.1) is 6.92 Å². The van der Waals surface area contributed by atoms with Gasteiger partial charge in [-0.25, -0.2) is 0 Å². The Morgan fingerprint density at radius 3 is 2.43 bits per heavy atom. The molecule has 0 aromatic carbocycles. The van der Waals surface area contributed by atoms with Crippen LogP contribution in [0.3, 0.4) is 0 Å². The number of aryl methyl sites for hydroxylation is 1. The molecular formula is C12H16OS. The molecule has 1 aromatic heterocycles. The van der Waals surface area contributed by atoms with Crippen molar-refractivity contribution in [2.45, 2.75) is 33.6 Å². The van der Waals surface area contributed by atoms with Crippen molar-refractivity contribution in [2.75, 3.05) is 0 Å². The molecule has 0 aliphatic rings. The van der Waals surface area contributed by atoms with E-state index in [0.717, 1.165) is 17.7 Å². The molecule has 0 atom stereocenters. The van der Waals surface area contributed by atoms with Crippen LogP contribution in [0.5, 0.6) is 0 Å². The lowest BCUT2D eigenvalue weighted by atomic mass is 10.1. The van der Waals surface area contributed by atoms with Crippen LogP contribution < -0.4 is 0 Å². The Labute approximate surface area is 89.5 Å². The summed E-state index contributed by atoms with van der Waals surface area (Å²) in [6.07, 6.45) is 3.71. The van der Waals surface area contributed by atoms with E-state index in [0.29, 0.717) is 0 Å². The monoisotopic (exact) mass is 208 g/mol. The Morgan fingerprint density at radius 1 is 1.36 bits per heavy atom. The fraction of sp³-hybridized carbons (Fsp3) is 0.417. The first-order chi connectivity index (χ1) is 6.67. The van der Waals surface area contributed by atoms with Crippen LogP contribution in [0.25, 0.3) is 0 Å². The van der Waals surface area contributed by atoms with Crippen molar-refractivity contribution in [1.29, 1.82) is 0 Å². The Morgan fingerprint density at radius 2 is 2.00 bits per heavy atom. The average molecular weight is 208 g/mol. The quantitative estimate of drug-likeness (QED) is 0.540. The maximum Gasteiger partial charge on any atom is 0.195 e. The molecule has 0 saturated heterocycles. The van der Waals surface area contributed by atoms with Crippen LogP contribution in [0.1, 0.15) is 41.2 Å². The SMILES string of the molecule is CCC(=CC(=O)c1ccc(C)s1)CC. The van der Waals surface area contributed by atoms with Gasteiger partial charge in [-0.3, -0.25) is 4.79 Å². The van der Waals surface area contributed by atoms with Gasteiger partial charge in [-0.1, -0.05) is 19.4 Å². The zero-order chi connectivity index (χ0) is 10.6. The maximum absolute atomic E-state index is 11.7. The van der Waals surface area contributed by atoms with E-state index < -0.39 is 0 Å². The fourth-order valence-electron chi connectivity index (χ4n) is 1.28. The van der Waals surface area contributed by atoms with Gasteiger partial charge in [0.2, 0.25) is 0 Å². The Hall–Kier alpha value is -0.890. The number of thiophene rings is 1. The molecule has 0 bridgehead atoms. The molecule has 0 N–H and O–H groups in total. The largest absolute Gasteiger partial charge is 0.288 e. The first-order valence-corrected chi connectivity index (χ1v) is 5.79. The van der Waals surface area contributed by atoms with E-state index in [-0.39, 0.29) is 5.78 Å². The smallest absolute Gasteiger partial charge is 0.195 e. The molecule has 0 aliphatic heterocycles. The van der Waals surface area contributed by atoms with Crippen LogP contribution in [0.2, 0.25) is 0 Å². The van der Waals surface area contributed by atoms with E-state index >= 15 is 0 Å². The second-order valence-corrected chi connectivity index (χ2v) is 4.57. The van der Waals surface area contributed by atoms with Gasteiger partial charge in [0.1, 0.15) is 0 Å². The molecule has 2 heteroatoms. The van der Waals surface area contributed by atoms with E-state index in [1.54, 1.807) is 17.4 Å². The summed E-state index contributed by atoms with van der Waals surface area (Å²) < 4.78 is 0. The molecule has 0 spiro atoms. The number of hydrogen-bond donors (Lipinski definition) is 0. The zero-order valence-electron chi connectivity index (χ0n) is 8.96. The number of carbonyl (C=O) groups excluding carboxylic acids is 1. The summed E-state index contributed by atoms with van der Waals surface area (Å²) in [5, 5.41) is 0. The van der Waals surface area contributed by atoms with Crippen molar-refractivity contribution in [3.05, 3.63) is 33.5 Å². The highest BCUT2D eigenvalue weighted by Crippen LogP contribution is 2.17. The number of hydrogen-bond acceptors (Lipinski definition) is 2. The number of carbonyl (C=O) groups is 1. The first kappa shape index (κ1) is 11.2. The standard InChI is InChI=1S/C12H16OS/c1-4-10(5-2)8-11(13)12-7-6-9(3)14-12/h6-8H,4-5H2,1-3H3. The van der Waals surface area contributed by atoms with Crippen molar-refractivity contribution >= 4 is 17.1 Å². The molecule has 1 aromatic rings. The minimum absolute atomic E-state index is 0.154. The van der Waals surface area contributed by atoms with E-state index in [1.807, 2.05) is 19.1 Å². The molecule has 0 amide bonds. The van der Waals surface area contributed by atoms with Crippen molar-refractivity contribution in [3.63, 3.8) is 0 Å². The maximum atomic E-state index is 11.7. The van der Waals surface area contributed by atoms with E-state index in [4.69, 9.17) is 0 Å². The summed E-state index contributed by atoms with van der Waals surface area (Å²) in [6.45, 7) is 6.19. The average Bonchev–Trinajstić information content (AvgIpc) is 2.61. The lowest BCUT2D eigenvalue weighted by Gasteiger charge is -1.97. The Balaban J connectivity index is 2.81. The van der Waals surface area contributed by atoms with Gasteiger partial charge >= 0.3 is 0 Å². The van der Waals surface area contributed by atoms with Gasteiger partial charge in [0.25, 0.3) is 0 Å². The molecule has 1 heterocycles. The normalized spacial score (nSPS) is 9.93. The van der Waals surface area contributed by atoms with Gasteiger partial charge in [0.05, 0.1) is 4.88 Å². The number of ketones is 1. The second-order valence-electron chi connectivity index (χ2n) is 3.28.